The van der Waals surface area contributed by atoms with Crippen molar-refractivity contribution in [2.75, 3.05) is 0 Å². The quantitative estimate of drug-likeness (QED) is 0.572. The van der Waals surface area contributed by atoms with Gasteiger partial charge in [0.1, 0.15) is 12.4 Å². The molecular weight excluding hydrogens is 425 g/mol. The van der Waals surface area contributed by atoms with Gasteiger partial charge in [-0.25, -0.2) is 0 Å². The Morgan fingerprint density at radius 2 is 1.93 bits per heavy atom. The average molecular weight is 446 g/mol. The van der Waals surface area contributed by atoms with Crippen LogP contribution >= 0.6 is 35.4 Å². The molecule has 0 aromatic heterocycles. The minimum Gasteiger partial charge on any atom is -0.489 e. The molecule has 0 saturated carbocycles. The predicted molar refractivity (Wildman–Crippen MR) is 121 cm³/mol. The maximum absolute atomic E-state index is 9.83. The van der Waals surface area contributed by atoms with Gasteiger partial charge in [0.25, 0.3) is 0 Å². The van der Waals surface area contributed by atoms with Gasteiger partial charge in [-0.3, -0.25) is 0 Å². The van der Waals surface area contributed by atoms with E-state index in [0.29, 0.717) is 33.1 Å². The normalized spacial score (nSPS) is 16.7. The van der Waals surface area contributed by atoms with Crippen molar-refractivity contribution in [2.45, 2.75) is 33.4 Å². The molecule has 0 saturated heterocycles. The Balaban J connectivity index is 1.88. The molecule has 1 aliphatic rings. The second-order valence-corrected chi connectivity index (χ2v) is 9.03. The Labute approximate surface area is 186 Å². The van der Waals surface area contributed by atoms with Gasteiger partial charge in [0.2, 0.25) is 0 Å². The summed E-state index contributed by atoms with van der Waals surface area (Å²) in [5, 5.41) is 17.8. The molecule has 0 radical (unpaired) electrons. The third-order valence-electron chi connectivity index (χ3n) is 4.54. The van der Waals surface area contributed by atoms with Crippen LogP contribution in [-0.2, 0) is 6.61 Å². The zero-order chi connectivity index (χ0) is 21.2. The number of nitriles is 1. The molecule has 2 aromatic rings. The van der Waals surface area contributed by atoms with E-state index < -0.39 is 0 Å². The Morgan fingerprint density at radius 3 is 2.59 bits per heavy atom. The minimum atomic E-state index is -0.342. The molecule has 0 unspecified atom stereocenters. The predicted octanol–water partition coefficient (Wildman–Crippen LogP) is 5.91. The largest absolute Gasteiger partial charge is 0.489 e. The number of halogens is 2. The van der Waals surface area contributed by atoms with Crippen molar-refractivity contribution in [3.05, 3.63) is 74.9 Å². The lowest BCUT2D eigenvalue weighted by atomic mass is 9.84. The van der Waals surface area contributed by atoms with Gasteiger partial charge in [-0.1, -0.05) is 62.2 Å². The van der Waals surface area contributed by atoms with Crippen molar-refractivity contribution in [2.24, 2.45) is 5.41 Å². The number of hydrogen-bond acceptors (Lipinski definition) is 3. The molecule has 0 fully saturated rings. The summed E-state index contributed by atoms with van der Waals surface area (Å²) in [7, 11) is 0. The van der Waals surface area contributed by atoms with E-state index in [1.807, 2.05) is 51.1 Å². The molecule has 1 atom stereocenters. The number of benzene rings is 2. The second kappa shape index (κ2) is 8.62. The van der Waals surface area contributed by atoms with E-state index in [0.717, 1.165) is 16.8 Å². The molecule has 0 bridgehead atoms. The van der Waals surface area contributed by atoms with Gasteiger partial charge in [-0.2, -0.15) is 5.26 Å². The summed E-state index contributed by atoms with van der Waals surface area (Å²) in [6.45, 7) is 6.46. The van der Waals surface area contributed by atoms with E-state index in [1.165, 1.54) is 0 Å². The molecule has 0 aliphatic carbocycles. The molecule has 3 rings (SSSR count). The van der Waals surface area contributed by atoms with Crippen LogP contribution in [0.3, 0.4) is 0 Å². The lowest BCUT2D eigenvalue weighted by molar-refractivity contribution is 0.306. The fraction of sp³-hybridized carbons (Fsp3) is 0.273. The van der Waals surface area contributed by atoms with Crippen LogP contribution in [0, 0.1) is 16.7 Å². The van der Waals surface area contributed by atoms with Crippen LogP contribution in [0.15, 0.2) is 53.7 Å². The Morgan fingerprint density at radius 1 is 1.17 bits per heavy atom. The van der Waals surface area contributed by atoms with Gasteiger partial charge in [-0.15, -0.1) is 0 Å². The summed E-state index contributed by atoms with van der Waals surface area (Å²) in [6, 6.07) is 14.9. The van der Waals surface area contributed by atoms with Gasteiger partial charge < -0.3 is 15.4 Å². The Hall–Kier alpha value is -2.26. The monoisotopic (exact) mass is 445 g/mol. The highest BCUT2D eigenvalue weighted by atomic mass is 35.5. The fourth-order valence-corrected chi connectivity index (χ4v) is 3.79. The van der Waals surface area contributed by atoms with Gasteiger partial charge in [0.05, 0.1) is 17.7 Å². The zero-order valence-corrected chi connectivity index (χ0v) is 18.7. The van der Waals surface area contributed by atoms with Gasteiger partial charge in [-0.05, 0) is 42.0 Å². The van der Waals surface area contributed by atoms with Crippen molar-refractivity contribution < 1.29 is 4.74 Å². The molecule has 7 heteroatoms. The molecule has 0 spiro atoms. The fourth-order valence-electron chi connectivity index (χ4n) is 3.11. The Bertz CT molecular complexity index is 1020. The first-order chi connectivity index (χ1) is 13.7. The highest BCUT2D eigenvalue weighted by molar-refractivity contribution is 7.80. The van der Waals surface area contributed by atoms with Crippen molar-refractivity contribution in [3.8, 4) is 11.8 Å². The molecule has 2 N–H and O–H groups in total. The van der Waals surface area contributed by atoms with E-state index in [9.17, 15) is 5.26 Å². The lowest BCUT2D eigenvalue weighted by Gasteiger charge is -2.35. The topological polar surface area (TPSA) is 57.1 Å². The number of nitrogens with one attached hydrogen (secondary N) is 2. The summed E-state index contributed by atoms with van der Waals surface area (Å²) in [6.07, 6.45) is 0. The van der Waals surface area contributed by atoms with Crippen molar-refractivity contribution in [3.63, 3.8) is 0 Å². The first-order valence-electron chi connectivity index (χ1n) is 9.08. The summed E-state index contributed by atoms with van der Waals surface area (Å²) < 4.78 is 5.93. The summed E-state index contributed by atoms with van der Waals surface area (Å²) in [5.41, 5.74) is 2.94. The van der Waals surface area contributed by atoms with Gasteiger partial charge in [0.15, 0.2) is 5.11 Å². The molecule has 150 valence electrons. The highest BCUT2D eigenvalue weighted by Crippen LogP contribution is 2.35. The van der Waals surface area contributed by atoms with E-state index in [-0.39, 0.29) is 11.5 Å². The van der Waals surface area contributed by atoms with Crippen molar-refractivity contribution in [1.29, 1.82) is 5.26 Å². The summed E-state index contributed by atoms with van der Waals surface area (Å²) in [4.78, 5) is 0. The first-order valence-corrected chi connectivity index (χ1v) is 10.2. The molecule has 4 nitrogen and oxygen atoms in total. The van der Waals surface area contributed by atoms with Gasteiger partial charge >= 0.3 is 0 Å². The highest BCUT2D eigenvalue weighted by Gasteiger charge is 2.32. The first kappa shape index (κ1) is 21.4. The van der Waals surface area contributed by atoms with Crippen LogP contribution in [0.4, 0.5) is 0 Å². The molecular formula is C22H21Cl2N3OS. The molecule has 1 aliphatic heterocycles. The number of hydrogen-bond donors (Lipinski definition) is 2. The van der Waals surface area contributed by atoms with Crippen LogP contribution < -0.4 is 15.4 Å². The van der Waals surface area contributed by atoms with Crippen LogP contribution in [0.2, 0.25) is 10.0 Å². The van der Waals surface area contributed by atoms with Crippen LogP contribution in [0.25, 0.3) is 0 Å². The number of nitrogens with zero attached hydrogens (tertiary/aromatic N) is 1. The molecule has 1 heterocycles. The lowest BCUT2D eigenvalue weighted by Crippen LogP contribution is -2.46. The van der Waals surface area contributed by atoms with E-state index >= 15 is 0 Å². The maximum Gasteiger partial charge on any atom is 0.171 e. The van der Waals surface area contributed by atoms with Crippen LogP contribution in [0.1, 0.15) is 37.9 Å². The van der Waals surface area contributed by atoms with Crippen LogP contribution in [0.5, 0.6) is 5.75 Å². The van der Waals surface area contributed by atoms with Crippen molar-refractivity contribution in [1.82, 2.24) is 10.6 Å². The summed E-state index contributed by atoms with van der Waals surface area (Å²) in [5.74, 6) is 0.675. The van der Waals surface area contributed by atoms with Crippen LogP contribution in [-0.4, -0.2) is 5.11 Å². The second-order valence-electron chi connectivity index (χ2n) is 7.78. The van der Waals surface area contributed by atoms with E-state index in [2.05, 4.69) is 16.7 Å². The smallest absolute Gasteiger partial charge is 0.171 e. The van der Waals surface area contributed by atoms with E-state index in [4.69, 9.17) is 40.2 Å². The Kier molecular flexibility index (Phi) is 6.38. The minimum absolute atomic E-state index is 0.241. The van der Waals surface area contributed by atoms with Crippen molar-refractivity contribution >= 4 is 40.5 Å². The molecule has 29 heavy (non-hydrogen) atoms. The van der Waals surface area contributed by atoms with Gasteiger partial charge in [0, 0.05) is 26.7 Å². The number of allylic oxidation sites excluding steroid dienone is 1. The standard InChI is InChI=1S/C22H21Cl2N3OS/c1-22(2,3)20-17(11-25)19(26-21(29)27-20)13-5-4-6-16(9-13)28-12-14-7-8-15(23)10-18(14)24/h4-10,19H,12H2,1-3H3,(H2,26,27,29)/t19-/m1/s1. The zero-order valence-electron chi connectivity index (χ0n) is 16.3. The third-order valence-corrected chi connectivity index (χ3v) is 5.35. The SMILES string of the molecule is CC(C)(C)C1=C(C#N)[C@@H](c2cccc(OCc3ccc(Cl)cc3Cl)c2)NC(=S)N1. The molecule has 2 aromatic carbocycles. The average Bonchev–Trinajstić information content (AvgIpc) is 2.66. The van der Waals surface area contributed by atoms with E-state index in [1.54, 1.807) is 12.1 Å². The number of ether oxygens (including phenoxy) is 1. The maximum atomic E-state index is 9.83. The number of thiocarbonyl (C=S) groups is 1. The summed E-state index contributed by atoms with van der Waals surface area (Å²) >= 11 is 17.5. The molecule has 0 amide bonds. The third kappa shape index (κ3) is 5.02. The number of rotatable bonds is 4.